The topological polar surface area (TPSA) is 41.9 Å². The molecule has 3 aromatic rings. The number of esters is 1. The van der Waals surface area contributed by atoms with Crippen molar-refractivity contribution in [2.45, 2.75) is 26.4 Å². The van der Waals surface area contributed by atoms with E-state index in [4.69, 9.17) is 9.73 Å². The van der Waals surface area contributed by atoms with E-state index in [1.54, 1.807) is 0 Å². The highest BCUT2D eigenvalue weighted by molar-refractivity contribution is 5.97. The van der Waals surface area contributed by atoms with Crippen LogP contribution in [-0.2, 0) is 24.2 Å². The lowest BCUT2D eigenvalue weighted by Crippen LogP contribution is -2.25. The average molecular weight is 382 g/mol. The summed E-state index contributed by atoms with van der Waals surface area (Å²) in [5, 5.41) is 0. The Hall–Kier alpha value is -3.40. The molecule has 0 aliphatic carbocycles. The Morgan fingerprint density at radius 3 is 2.62 bits per heavy atom. The summed E-state index contributed by atoms with van der Waals surface area (Å²) in [6, 6.07) is 20.8. The SMILES string of the molecule is COC(=O)c1cccc2c1CN(C1=Nc3cc(C)cc(-c4ccccc4)c3C1)C2. The maximum absolute atomic E-state index is 12.1. The van der Waals surface area contributed by atoms with Crippen molar-refractivity contribution in [3.8, 4) is 11.1 Å². The van der Waals surface area contributed by atoms with E-state index in [0.717, 1.165) is 30.1 Å². The van der Waals surface area contributed by atoms with Crippen LogP contribution in [0.3, 0.4) is 0 Å². The van der Waals surface area contributed by atoms with Gasteiger partial charge in [-0.2, -0.15) is 0 Å². The number of carbonyl (C=O) groups is 1. The highest BCUT2D eigenvalue weighted by Gasteiger charge is 2.30. The third-order valence-electron chi connectivity index (χ3n) is 5.79. The zero-order valence-corrected chi connectivity index (χ0v) is 16.6. The van der Waals surface area contributed by atoms with Crippen LogP contribution >= 0.6 is 0 Å². The molecule has 0 fully saturated rings. The van der Waals surface area contributed by atoms with Crippen LogP contribution in [0.15, 0.2) is 65.7 Å². The number of hydrogen-bond acceptors (Lipinski definition) is 4. The van der Waals surface area contributed by atoms with E-state index < -0.39 is 0 Å². The van der Waals surface area contributed by atoms with Crippen LogP contribution in [0, 0.1) is 6.92 Å². The Morgan fingerprint density at radius 1 is 1.00 bits per heavy atom. The van der Waals surface area contributed by atoms with Gasteiger partial charge in [0.25, 0.3) is 0 Å². The summed E-state index contributed by atoms with van der Waals surface area (Å²) in [6.45, 7) is 3.58. The highest BCUT2D eigenvalue weighted by atomic mass is 16.5. The Morgan fingerprint density at radius 2 is 1.83 bits per heavy atom. The van der Waals surface area contributed by atoms with Crippen LogP contribution in [0.4, 0.5) is 5.69 Å². The van der Waals surface area contributed by atoms with E-state index >= 15 is 0 Å². The molecule has 5 rings (SSSR count). The van der Waals surface area contributed by atoms with E-state index in [1.807, 2.05) is 18.2 Å². The first-order valence-corrected chi connectivity index (χ1v) is 9.84. The number of fused-ring (bicyclic) bond motifs is 2. The predicted octanol–water partition coefficient (Wildman–Crippen LogP) is 5.05. The van der Waals surface area contributed by atoms with Gasteiger partial charge in [-0.15, -0.1) is 0 Å². The first kappa shape index (κ1) is 17.7. The molecule has 0 saturated heterocycles. The fourth-order valence-corrected chi connectivity index (χ4v) is 4.38. The van der Waals surface area contributed by atoms with Gasteiger partial charge in [-0.1, -0.05) is 48.5 Å². The van der Waals surface area contributed by atoms with Crippen molar-refractivity contribution >= 4 is 17.5 Å². The fraction of sp³-hybridized carbons (Fsp3) is 0.200. The van der Waals surface area contributed by atoms with Gasteiger partial charge in [-0.05, 0) is 52.4 Å². The summed E-state index contributed by atoms with van der Waals surface area (Å²) >= 11 is 0. The zero-order chi connectivity index (χ0) is 20.0. The standard InChI is InChI=1S/C25H22N2O2/c1-16-11-20(17-7-4-3-5-8-17)21-13-24(26-23(21)12-16)27-14-18-9-6-10-19(22(18)15-27)25(28)29-2/h3-12H,13-15H2,1-2H3. The molecular weight excluding hydrogens is 360 g/mol. The summed E-state index contributed by atoms with van der Waals surface area (Å²) in [5.74, 6) is 0.789. The number of amidine groups is 1. The second-order valence-corrected chi connectivity index (χ2v) is 7.67. The fourth-order valence-electron chi connectivity index (χ4n) is 4.38. The van der Waals surface area contributed by atoms with Gasteiger partial charge in [-0.25, -0.2) is 9.79 Å². The summed E-state index contributed by atoms with van der Waals surface area (Å²) in [6.07, 6.45) is 0.807. The van der Waals surface area contributed by atoms with Crippen molar-refractivity contribution in [2.75, 3.05) is 7.11 Å². The molecule has 2 aliphatic rings. The summed E-state index contributed by atoms with van der Waals surface area (Å²) in [7, 11) is 1.43. The molecule has 2 heterocycles. The quantitative estimate of drug-likeness (QED) is 0.583. The minimum absolute atomic E-state index is 0.276. The smallest absolute Gasteiger partial charge is 0.338 e. The number of ether oxygens (including phenoxy) is 1. The lowest BCUT2D eigenvalue weighted by atomic mass is 9.95. The van der Waals surface area contributed by atoms with E-state index in [9.17, 15) is 4.79 Å². The lowest BCUT2D eigenvalue weighted by molar-refractivity contribution is 0.0599. The largest absolute Gasteiger partial charge is 0.465 e. The third kappa shape index (κ3) is 3.01. The van der Waals surface area contributed by atoms with Crippen LogP contribution in [0.2, 0.25) is 0 Å². The van der Waals surface area contributed by atoms with Crippen LogP contribution in [-0.4, -0.2) is 23.8 Å². The van der Waals surface area contributed by atoms with E-state index in [-0.39, 0.29) is 5.97 Å². The van der Waals surface area contributed by atoms with Crippen molar-refractivity contribution in [3.63, 3.8) is 0 Å². The first-order valence-electron chi connectivity index (χ1n) is 9.84. The van der Waals surface area contributed by atoms with Gasteiger partial charge in [0.15, 0.2) is 0 Å². The molecular formula is C25H22N2O2. The molecule has 3 aromatic carbocycles. The van der Waals surface area contributed by atoms with Crippen LogP contribution in [0.1, 0.15) is 32.6 Å². The number of benzene rings is 3. The van der Waals surface area contributed by atoms with Gasteiger partial charge in [0, 0.05) is 19.5 Å². The molecule has 29 heavy (non-hydrogen) atoms. The molecule has 0 atom stereocenters. The normalized spacial score (nSPS) is 14.4. The molecule has 0 bridgehead atoms. The number of hydrogen-bond donors (Lipinski definition) is 0. The molecule has 0 spiro atoms. The zero-order valence-electron chi connectivity index (χ0n) is 16.6. The van der Waals surface area contributed by atoms with Gasteiger partial charge < -0.3 is 9.64 Å². The average Bonchev–Trinajstić information content (AvgIpc) is 3.37. The Kier molecular flexibility index (Phi) is 4.20. The van der Waals surface area contributed by atoms with Crippen LogP contribution < -0.4 is 0 Å². The highest BCUT2D eigenvalue weighted by Crippen LogP contribution is 2.39. The molecule has 0 aromatic heterocycles. The minimum Gasteiger partial charge on any atom is -0.465 e. The number of aryl methyl sites for hydroxylation is 1. The molecule has 0 radical (unpaired) electrons. The van der Waals surface area contributed by atoms with Crippen molar-refractivity contribution in [3.05, 3.63) is 88.5 Å². The van der Waals surface area contributed by atoms with Crippen LogP contribution in [0.5, 0.6) is 0 Å². The maximum Gasteiger partial charge on any atom is 0.338 e. The monoisotopic (exact) mass is 382 g/mol. The minimum atomic E-state index is -0.276. The van der Waals surface area contributed by atoms with Crippen molar-refractivity contribution in [1.29, 1.82) is 0 Å². The molecule has 4 heteroatoms. The Labute approximate surface area is 170 Å². The van der Waals surface area contributed by atoms with E-state index in [2.05, 4.69) is 54.3 Å². The Bertz CT molecular complexity index is 1150. The summed E-state index contributed by atoms with van der Waals surface area (Å²) in [5.41, 5.74) is 8.91. The van der Waals surface area contributed by atoms with E-state index in [0.29, 0.717) is 12.1 Å². The number of nitrogens with zero attached hydrogens (tertiary/aromatic N) is 2. The van der Waals surface area contributed by atoms with Gasteiger partial charge in [0.2, 0.25) is 0 Å². The second-order valence-electron chi connectivity index (χ2n) is 7.67. The van der Waals surface area contributed by atoms with Gasteiger partial charge >= 0.3 is 5.97 Å². The van der Waals surface area contributed by atoms with Gasteiger partial charge in [0.1, 0.15) is 5.84 Å². The molecule has 0 saturated carbocycles. The second kappa shape index (κ2) is 6.89. The molecule has 0 unspecified atom stereocenters. The molecule has 0 N–H and O–H groups in total. The van der Waals surface area contributed by atoms with Gasteiger partial charge in [-0.3, -0.25) is 0 Å². The summed E-state index contributed by atoms with van der Waals surface area (Å²) < 4.78 is 4.96. The first-order chi connectivity index (χ1) is 14.1. The lowest BCUT2D eigenvalue weighted by Gasteiger charge is -2.17. The number of aliphatic imine (C=N–C) groups is 1. The van der Waals surface area contributed by atoms with E-state index in [1.165, 1.54) is 34.9 Å². The number of rotatable bonds is 2. The Balaban J connectivity index is 1.47. The van der Waals surface area contributed by atoms with Crippen molar-refractivity contribution < 1.29 is 9.53 Å². The third-order valence-corrected chi connectivity index (χ3v) is 5.79. The molecule has 4 nitrogen and oxygen atoms in total. The van der Waals surface area contributed by atoms with Crippen LogP contribution in [0.25, 0.3) is 11.1 Å². The van der Waals surface area contributed by atoms with Gasteiger partial charge in [0.05, 0.1) is 18.4 Å². The molecule has 0 amide bonds. The van der Waals surface area contributed by atoms with Crippen molar-refractivity contribution in [1.82, 2.24) is 4.90 Å². The summed E-state index contributed by atoms with van der Waals surface area (Å²) in [4.78, 5) is 19.4. The number of methoxy groups -OCH3 is 1. The van der Waals surface area contributed by atoms with Crippen molar-refractivity contribution in [2.24, 2.45) is 4.99 Å². The predicted molar refractivity (Wildman–Crippen MR) is 114 cm³/mol. The molecule has 144 valence electrons. The number of carbonyl (C=O) groups excluding carboxylic acids is 1. The maximum atomic E-state index is 12.1. The molecule has 2 aliphatic heterocycles.